The number of aromatic nitrogens is 4. The molecule has 63 heavy (non-hydrogen) atoms. The van der Waals surface area contributed by atoms with Crippen molar-refractivity contribution in [3.05, 3.63) is 182 Å². The maximum atomic E-state index is 12.8. The van der Waals surface area contributed by atoms with Crippen LogP contribution in [0.1, 0.15) is 36.0 Å². The number of thiol groups is 1. The third-order valence-electron chi connectivity index (χ3n) is 8.73. The van der Waals surface area contributed by atoms with Gasteiger partial charge >= 0.3 is 0 Å². The van der Waals surface area contributed by atoms with E-state index in [0.717, 1.165) is 58.4 Å². The highest BCUT2D eigenvalue weighted by Gasteiger charge is 2.17. The van der Waals surface area contributed by atoms with E-state index in [2.05, 4.69) is 37.9 Å². The molecule has 1 amide bonds. The van der Waals surface area contributed by atoms with Gasteiger partial charge in [0.05, 0.1) is 26.1 Å². The molecule has 6 aromatic heterocycles. The highest BCUT2D eigenvalue weighted by molar-refractivity contribution is 7.79. The molecule has 318 valence electrons. The maximum Gasteiger partial charge on any atom is 0.291 e. The molecule has 0 fully saturated rings. The van der Waals surface area contributed by atoms with E-state index in [4.69, 9.17) is 26.2 Å². The second kappa shape index (κ2) is 22.8. The van der Waals surface area contributed by atoms with E-state index in [0.29, 0.717) is 17.2 Å². The summed E-state index contributed by atoms with van der Waals surface area (Å²) in [4.78, 5) is 41.0. The fourth-order valence-electron chi connectivity index (χ4n) is 5.86. The Morgan fingerprint density at radius 3 is 1.56 bits per heavy atom. The van der Waals surface area contributed by atoms with Gasteiger partial charge in [-0.25, -0.2) is 9.97 Å². The first-order valence-electron chi connectivity index (χ1n) is 18.5. The van der Waals surface area contributed by atoms with Crippen molar-refractivity contribution in [3.63, 3.8) is 0 Å². The lowest BCUT2D eigenvalue weighted by Crippen LogP contribution is -2.11. The number of carbonyl (C=O) groups is 2. The fraction of sp³-hybridized carbons (Fsp3) is 0.0612. The van der Waals surface area contributed by atoms with E-state index < -0.39 is 5.24 Å². The molecule has 10 rings (SSSR count). The number of furan rings is 2. The molecule has 10 aromatic rings. The number of nitrogens with zero attached hydrogens (tertiary/aromatic N) is 4. The first-order valence-corrected chi connectivity index (χ1v) is 21.4. The van der Waals surface area contributed by atoms with Gasteiger partial charge < -0.3 is 19.9 Å². The molecule has 6 heterocycles. The number of hydrogen-bond acceptors (Lipinski definition) is 12. The van der Waals surface area contributed by atoms with Crippen molar-refractivity contribution in [2.24, 2.45) is 0 Å². The number of carbonyl (C=O) groups excluding carboxylic acids is 2. The SMILES string of the molecule is C.C.CS.Nc1ccccc1-c1nc2ccncc2s1.O=C(Cl)c1ccc(-c2ccccc2)o1.O=C(Nc1ccccc1-c1nc2ccncc2s1)c1ccc(-c2ccccc2)o1. The Kier molecular flexibility index (Phi) is 17.1. The van der Waals surface area contributed by atoms with Crippen molar-refractivity contribution < 1.29 is 18.4 Å². The number of fused-ring (bicyclic) bond motifs is 2. The molecular formula is C49H43ClN6O4S3. The Balaban J connectivity index is 0.000000187. The van der Waals surface area contributed by atoms with Crippen molar-refractivity contribution in [2.75, 3.05) is 17.3 Å². The number of halogens is 1. The summed E-state index contributed by atoms with van der Waals surface area (Å²) >= 11 is 12.0. The Labute approximate surface area is 383 Å². The Morgan fingerprint density at radius 1 is 0.587 bits per heavy atom. The molecule has 0 aliphatic heterocycles. The number of rotatable bonds is 7. The van der Waals surface area contributed by atoms with E-state index in [1.54, 1.807) is 71.8 Å². The summed E-state index contributed by atoms with van der Waals surface area (Å²) in [6.45, 7) is 0. The lowest BCUT2D eigenvalue weighted by atomic mass is 10.2. The minimum absolute atomic E-state index is 0. The standard InChI is InChI=1S/C23H15N3O2S.C12H9N3S.C11H7ClO2.CH4S.2CH4/c27-22(20-11-10-19(28-20)15-6-2-1-3-7-15)25-17-9-5-4-8-16(17)23-26-18-12-13-24-14-21(18)29-23;13-9-4-2-1-3-8(9)12-15-10-5-6-14-7-11(10)16-12;12-11(13)10-7-6-9(14-10)8-4-2-1-3-5-8;1-2;;/h1-14H,(H,25,27);1-7H,13H2;1-7H;2H,1H3;2*1H4. The molecule has 0 aliphatic carbocycles. The van der Waals surface area contributed by atoms with Crippen molar-refractivity contribution >= 4 is 89.9 Å². The second-order valence-electron chi connectivity index (χ2n) is 12.6. The molecule has 4 aromatic carbocycles. The summed E-state index contributed by atoms with van der Waals surface area (Å²) in [6.07, 6.45) is 8.79. The van der Waals surface area contributed by atoms with Gasteiger partial charge in [0.1, 0.15) is 21.5 Å². The Hall–Kier alpha value is -6.90. The fourth-order valence-corrected chi connectivity index (χ4v) is 7.92. The predicted octanol–water partition coefficient (Wildman–Crippen LogP) is 14.0. The summed E-state index contributed by atoms with van der Waals surface area (Å²) < 4.78 is 13.1. The second-order valence-corrected chi connectivity index (χ2v) is 15.0. The van der Waals surface area contributed by atoms with Crippen LogP contribution in [0.4, 0.5) is 11.4 Å². The number of nitrogens with one attached hydrogen (secondary N) is 1. The van der Waals surface area contributed by atoms with Crippen LogP contribution in [-0.4, -0.2) is 37.3 Å². The van der Waals surface area contributed by atoms with Crippen molar-refractivity contribution in [2.45, 2.75) is 14.9 Å². The molecular weight excluding hydrogens is 868 g/mol. The van der Waals surface area contributed by atoms with Crippen LogP contribution < -0.4 is 11.1 Å². The van der Waals surface area contributed by atoms with Gasteiger partial charge in [-0.2, -0.15) is 12.6 Å². The van der Waals surface area contributed by atoms with Crippen LogP contribution in [0, 0.1) is 0 Å². The molecule has 3 N–H and O–H groups in total. The summed E-state index contributed by atoms with van der Waals surface area (Å²) in [5.74, 6) is 1.43. The summed E-state index contributed by atoms with van der Waals surface area (Å²) in [5, 5.41) is 4.15. The topological polar surface area (TPSA) is 150 Å². The largest absolute Gasteiger partial charge is 0.452 e. The zero-order valence-corrected chi connectivity index (χ0v) is 35.6. The number of anilines is 2. The zero-order chi connectivity index (χ0) is 42.6. The number of amides is 1. The Morgan fingerprint density at radius 2 is 1.05 bits per heavy atom. The molecule has 14 heteroatoms. The third-order valence-corrected chi connectivity index (χ3v) is 11.0. The van der Waals surface area contributed by atoms with Gasteiger partial charge in [0.25, 0.3) is 11.1 Å². The van der Waals surface area contributed by atoms with Gasteiger partial charge in [0, 0.05) is 52.7 Å². The van der Waals surface area contributed by atoms with Gasteiger partial charge in [0.15, 0.2) is 11.5 Å². The first-order chi connectivity index (χ1) is 29.9. The minimum Gasteiger partial charge on any atom is -0.452 e. The molecule has 0 saturated heterocycles. The Bertz CT molecular complexity index is 2960. The van der Waals surface area contributed by atoms with Crippen LogP contribution in [0.25, 0.3) is 64.2 Å². The normalized spacial score (nSPS) is 10.1. The highest BCUT2D eigenvalue weighted by Crippen LogP contribution is 2.35. The maximum absolute atomic E-state index is 12.8. The number of benzene rings is 4. The van der Waals surface area contributed by atoms with Crippen LogP contribution in [0.3, 0.4) is 0 Å². The minimum atomic E-state index is -0.577. The summed E-state index contributed by atoms with van der Waals surface area (Å²) in [6, 6.07) is 45.2. The van der Waals surface area contributed by atoms with Gasteiger partial charge in [-0.15, -0.1) is 22.7 Å². The van der Waals surface area contributed by atoms with E-state index >= 15 is 0 Å². The van der Waals surface area contributed by atoms with E-state index in [1.807, 2.05) is 128 Å². The molecule has 0 bridgehead atoms. The molecule has 0 spiro atoms. The number of hydrogen-bond donors (Lipinski definition) is 3. The van der Waals surface area contributed by atoms with Gasteiger partial charge in [-0.05, 0) is 78.5 Å². The van der Waals surface area contributed by atoms with Crippen LogP contribution in [0.2, 0.25) is 0 Å². The molecule has 0 radical (unpaired) electrons. The molecule has 0 saturated carbocycles. The van der Waals surface area contributed by atoms with E-state index in [1.165, 1.54) is 0 Å². The van der Waals surface area contributed by atoms with Crippen LogP contribution in [0.15, 0.2) is 179 Å². The number of nitrogens with two attached hydrogens (primary N) is 1. The van der Waals surface area contributed by atoms with E-state index in [-0.39, 0.29) is 32.3 Å². The van der Waals surface area contributed by atoms with Crippen molar-refractivity contribution in [1.29, 1.82) is 0 Å². The number of nitrogen functional groups attached to an aromatic ring is 1. The number of pyridine rings is 2. The lowest BCUT2D eigenvalue weighted by Gasteiger charge is -2.08. The van der Waals surface area contributed by atoms with Gasteiger partial charge in [-0.1, -0.05) is 99.8 Å². The van der Waals surface area contributed by atoms with Crippen molar-refractivity contribution in [1.82, 2.24) is 19.9 Å². The molecule has 0 aliphatic rings. The predicted molar refractivity (Wildman–Crippen MR) is 265 cm³/mol. The summed E-state index contributed by atoms with van der Waals surface area (Å²) in [5.41, 5.74) is 12.9. The molecule has 10 nitrogen and oxygen atoms in total. The third kappa shape index (κ3) is 11.7. The molecule has 0 unspecified atom stereocenters. The first kappa shape index (κ1) is 47.2. The highest BCUT2D eigenvalue weighted by atomic mass is 35.5. The number of thiazole rings is 2. The monoisotopic (exact) mass is 910 g/mol. The average Bonchev–Trinajstić information content (AvgIpc) is 4.15. The number of para-hydroxylation sites is 2. The van der Waals surface area contributed by atoms with Crippen LogP contribution >= 0.6 is 46.9 Å². The quantitative estimate of drug-likeness (QED) is 0.0806. The zero-order valence-electron chi connectivity index (χ0n) is 32.3. The van der Waals surface area contributed by atoms with Gasteiger partial charge in [0.2, 0.25) is 0 Å². The van der Waals surface area contributed by atoms with Crippen LogP contribution in [-0.2, 0) is 0 Å². The van der Waals surface area contributed by atoms with Crippen molar-refractivity contribution in [3.8, 4) is 43.8 Å². The van der Waals surface area contributed by atoms with E-state index in [9.17, 15) is 9.59 Å². The van der Waals surface area contributed by atoms with Crippen LogP contribution in [0.5, 0.6) is 0 Å². The average molecular weight is 912 g/mol. The summed E-state index contributed by atoms with van der Waals surface area (Å²) in [7, 11) is 0. The van der Waals surface area contributed by atoms with Gasteiger partial charge in [-0.3, -0.25) is 19.6 Å². The molecule has 0 atom stereocenters. The lowest BCUT2D eigenvalue weighted by molar-refractivity contribution is 0.0996. The smallest absolute Gasteiger partial charge is 0.291 e.